The van der Waals surface area contributed by atoms with E-state index in [0.29, 0.717) is 29.8 Å². The highest BCUT2D eigenvalue weighted by molar-refractivity contribution is 9.10. The molecule has 0 unspecified atom stereocenters. The maximum Gasteiger partial charge on any atom is 0.262 e. The molecule has 4 N–H and O–H groups in total. The van der Waals surface area contributed by atoms with Gasteiger partial charge in [0.1, 0.15) is 30.0 Å². The van der Waals surface area contributed by atoms with E-state index < -0.39 is 26.7 Å². The number of sulfonamides is 1. The fourth-order valence-corrected chi connectivity index (χ4v) is 5.70. The highest BCUT2D eigenvalue weighted by Crippen LogP contribution is 2.30. The minimum atomic E-state index is -4.09. The van der Waals surface area contributed by atoms with Crippen LogP contribution in [0, 0.1) is 0 Å². The number of carbonyl (C=O) groups is 1. The number of ether oxygens (including phenoxy) is 1. The van der Waals surface area contributed by atoms with Crippen molar-refractivity contribution in [3.05, 3.63) is 53.0 Å². The topological polar surface area (TPSA) is 132 Å². The van der Waals surface area contributed by atoms with E-state index >= 15 is 0 Å². The number of nitrogens with zero attached hydrogens (tertiary/aromatic N) is 2. The Bertz CT molecular complexity index is 1140. The molecule has 0 radical (unpaired) electrons. The normalized spacial score (nSPS) is 15.4. The van der Waals surface area contributed by atoms with Gasteiger partial charge in [-0.3, -0.25) is 15.0 Å². The van der Waals surface area contributed by atoms with Gasteiger partial charge in [0.2, 0.25) is 10.0 Å². The first-order valence-electron chi connectivity index (χ1n) is 10.1. The number of aliphatic imine (C=N–C) groups is 1. The number of carbonyl (C=O) groups excluding carboxylic acids is 1. The minimum Gasteiger partial charge on any atom is -0.457 e. The Balaban J connectivity index is 1.72. The number of amidine groups is 1. The number of hydroxylamine groups is 1. The zero-order valence-corrected chi connectivity index (χ0v) is 22.0. The Morgan fingerprint density at radius 3 is 2.35 bits per heavy atom. The number of hydrogen-bond donors (Lipinski definition) is 4. The molecule has 0 bridgehead atoms. The van der Waals surface area contributed by atoms with E-state index in [1.54, 1.807) is 36.5 Å². The summed E-state index contributed by atoms with van der Waals surface area (Å²) in [7, 11) is -2.25. The Hall–Kier alpha value is -2.16. The van der Waals surface area contributed by atoms with Crippen LogP contribution in [-0.2, 0) is 14.8 Å². The van der Waals surface area contributed by atoms with E-state index in [0.717, 1.165) is 4.47 Å². The van der Waals surface area contributed by atoms with Crippen LogP contribution >= 0.6 is 27.7 Å². The number of amides is 1. The van der Waals surface area contributed by atoms with Gasteiger partial charge in [-0.1, -0.05) is 15.9 Å². The van der Waals surface area contributed by atoms with Crippen molar-refractivity contribution in [3.63, 3.8) is 0 Å². The maximum absolute atomic E-state index is 13.0. The summed E-state index contributed by atoms with van der Waals surface area (Å²) in [5.41, 5.74) is 4.63. The molecule has 0 aromatic heterocycles. The molecule has 0 fully saturated rings. The van der Waals surface area contributed by atoms with Crippen LogP contribution in [-0.4, -0.2) is 60.6 Å². The molecule has 2 aromatic carbocycles. The second-order valence-corrected chi connectivity index (χ2v) is 12.3. The number of rotatable bonds is 10. The molecule has 184 valence electrons. The number of thioether (sulfide) groups is 1. The Kier molecular flexibility index (Phi) is 8.60. The molecule has 13 heteroatoms. The molecule has 34 heavy (non-hydrogen) atoms. The molecular formula is C21H26BrN5O5S2. The molecule has 10 nitrogen and oxygen atoms in total. The monoisotopic (exact) mass is 571 g/mol. The lowest BCUT2D eigenvalue weighted by Gasteiger charge is -2.32. The van der Waals surface area contributed by atoms with Crippen molar-refractivity contribution in [1.82, 2.24) is 20.6 Å². The average molecular weight is 573 g/mol. The molecule has 0 saturated heterocycles. The van der Waals surface area contributed by atoms with E-state index in [9.17, 15) is 18.4 Å². The molecule has 0 saturated carbocycles. The first kappa shape index (κ1) is 26.4. The smallest absolute Gasteiger partial charge is 0.262 e. The van der Waals surface area contributed by atoms with Gasteiger partial charge < -0.3 is 10.2 Å². The van der Waals surface area contributed by atoms with Crippen LogP contribution in [0.5, 0.6) is 11.5 Å². The molecule has 1 atom stereocenters. The van der Waals surface area contributed by atoms with Crippen molar-refractivity contribution < 1.29 is 23.2 Å². The van der Waals surface area contributed by atoms with Crippen LogP contribution in [0.2, 0.25) is 0 Å². The number of hydrazine groups is 1. The van der Waals surface area contributed by atoms with E-state index in [1.807, 2.05) is 19.2 Å². The van der Waals surface area contributed by atoms with Gasteiger partial charge in [-0.2, -0.15) is 4.72 Å². The molecule has 3 rings (SSSR count). The third kappa shape index (κ3) is 6.93. The second-order valence-electron chi connectivity index (χ2n) is 8.01. The van der Waals surface area contributed by atoms with Crippen molar-refractivity contribution in [1.29, 1.82) is 0 Å². The van der Waals surface area contributed by atoms with Gasteiger partial charge in [0.25, 0.3) is 5.91 Å². The van der Waals surface area contributed by atoms with E-state index in [1.165, 1.54) is 36.0 Å². The fraction of sp³-hybridized carbons (Fsp3) is 0.333. The largest absolute Gasteiger partial charge is 0.457 e. The third-order valence-electron chi connectivity index (χ3n) is 4.90. The highest BCUT2D eigenvalue weighted by atomic mass is 79.9. The van der Waals surface area contributed by atoms with E-state index in [4.69, 9.17) is 4.74 Å². The molecule has 1 aliphatic rings. The molecular weight excluding hydrogens is 546 g/mol. The quantitative estimate of drug-likeness (QED) is 0.253. The van der Waals surface area contributed by atoms with Crippen LogP contribution in [0.15, 0.2) is 62.9 Å². The lowest BCUT2D eigenvalue weighted by Crippen LogP contribution is -2.56. The molecule has 1 heterocycles. The summed E-state index contributed by atoms with van der Waals surface area (Å²) in [5.74, 6) is 1.33. The highest BCUT2D eigenvalue weighted by Gasteiger charge is 2.39. The van der Waals surface area contributed by atoms with Gasteiger partial charge in [0.15, 0.2) is 0 Å². The Morgan fingerprint density at radius 2 is 1.82 bits per heavy atom. The van der Waals surface area contributed by atoms with Crippen molar-refractivity contribution in [2.24, 2.45) is 4.99 Å². The SMILES string of the molecule is CN1CN=C(CSC(C)(C)[C@H](NS(=O)(=O)c2ccc(Oc3ccc(Br)cc3)cc2)C(=O)NO)N1. The first-order valence-corrected chi connectivity index (χ1v) is 13.4. The van der Waals surface area contributed by atoms with Crippen molar-refractivity contribution in [2.75, 3.05) is 19.5 Å². The lowest BCUT2D eigenvalue weighted by atomic mass is 10.0. The van der Waals surface area contributed by atoms with Gasteiger partial charge >= 0.3 is 0 Å². The zero-order chi connectivity index (χ0) is 24.9. The van der Waals surface area contributed by atoms with E-state index in [2.05, 4.69) is 31.1 Å². The maximum atomic E-state index is 13.0. The summed E-state index contributed by atoms with van der Waals surface area (Å²) in [6.07, 6.45) is 0. The van der Waals surface area contributed by atoms with Gasteiger partial charge in [0, 0.05) is 16.3 Å². The average Bonchev–Trinajstić information content (AvgIpc) is 3.23. The van der Waals surface area contributed by atoms with Crippen LogP contribution in [0.25, 0.3) is 0 Å². The molecule has 1 aliphatic heterocycles. The minimum absolute atomic E-state index is 0.0457. The van der Waals surface area contributed by atoms with Crippen LogP contribution in [0.4, 0.5) is 0 Å². The Labute approximate surface area is 211 Å². The molecule has 0 spiro atoms. The summed E-state index contributed by atoms with van der Waals surface area (Å²) >= 11 is 4.68. The van der Waals surface area contributed by atoms with Gasteiger partial charge in [0.05, 0.1) is 10.6 Å². The number of benzene rings is 2. The standard InChI is InChI=1S/C21H26BrN5O5S2/c1-21(2,33-12-18-23-13-27(3)24-18)19(20(28)25-29)26-34(30,31)17-10-8-16(9-11-17)32-15-6-4-14(22)5-7-15/h4-11,19,26,29H,12-13H2,1-3H3,(H,23,24)(H,25,28)/t19-/m1/s1. The predicted octanol–water partition coefficient (Wildman–Crippen LogP) is 2.71. The third-order valence-corrected chi connectivity index (χ3v) is 8.26. The van der Waals surface area contributed by atoms with Crippen molar-refractivity contribution >= 4 is 49.5 Å². The molecule has 1 amide bonds. The van der Waals surface area contributed by atoms with Gasteiger partial charge in [-0.15, -0.1) is 11.8 Å². The number of halogens is 1. The molecule has 2 aromatic rings. The first-order chi connectivity index (χ1) is 16.0. The zero-order valence-electron chi connectivity index (χ0n) is 18.8. The van der Waals surface area contributed by atoms with E-state index in [-0.39, 0.29) is 4.90 Å². The Morgan fingerprint density at radius 1 is 1.24 bits per heavy atom. The van der Waals surface area contributed by atoms with Crippen LogP contribution < -0.4 is 20.4 Å². The number of nitrogens with one attached hydrogen (secondary N) is 3. The predicted molar refractivity (Wildman–Crippen MR) is 134 cm³/mol. The fourth-order valence-electron chi connectivity index (χ4n) is 3.02. The summed E-state index contributed by atoms with van der Waals surface area (Å²) in [6.45, 7) is 3.94. The molecule has 0 aliphatic carbocycles. The lowest BCUT2D eigenvalue weighted by molar-refractivity contribution is -0.131. The second kappa shape index (κ2) is 11.1. The van der Waals surface area contributed by atoms with Crippen molar-refractivity contribution in [2.45, 2.75) is 29.5 Å². The summed E-state index contributed by atoms with van der Waals surface area (Å²) in [6, 6.07) is 11.8. The van der Waals surface area contributed by atoms with Crippen LogP contribution in [0.3, 0.4) is 0 Å². The van der Waals surface area contributed by atoms with Gasteiger partial charge in [-0.05, 0) is 62.4 Å². The number of hydrogen-bond acceptors (Lipinski definition) is 9. The summed E-state index contributed by atoms with van der Waals surface area (Å²) < 4.78 is 34.2. The van der Waals surface area contributed by atoms with Crippen molar-refractivity contribution in [3.8, 4) is 11.5 Å². The summed E-state index contributed by atoms with van der Waals surface area (Å²) in [4.78, 5) is 16.7. The van der Waals surface area contributed by atoms with Crippen LogP contribution in [0.1, 0.15) is 13.8 Å². The summed E-state index contributed by atoms with van der Waals surface area (Å²) in [5, 5.41) is 11.0. The van der Waals surface area contributed by atoms with Gasteiger partial charge in [-0.25, -0.2) is 18.9 Å².